The molecular formula is C15H14FNO2. The van der Waals surface area contributed by atoms with Crippen LogP contribution in [0.3, 0.4) is 0 Å². The number of hydrogen-bond donors (Lipinski definition) is 0. The van der Waals surface area contributed by atoms with Crippen molar-refractivity contribution in [1.82, 2.24) is 4.57 Å². The van der Waals surface area contributed by atoms with Crippen LogP contribution in [-0.2, 0) is 6.54 Å². The molecule has 0 unspecified atom stereocenters. The molecule has 0 saturated carbocycles. The zero-order valence-electron chi connectivity index (χ0n) is 10.8. The third kappa shape index (κ3) is 2.78. The Morgan fingerprint density at radius 3 is 2.63 bits per heavy atom. The van der Waals surface area contributed by atoms with Gasteiger partial charge in [0, 0.05) is 17.3 Å². The van der Waals surface area contributed by atoms with E-state index in [0.29, 0.717) is 11.1 Å². The number of nitrogens with zero attached hydrogens (tertiary/aromatic N) is 1. The SMILES string of the molecule is Cc1ccc(C(=O)Cn2cccc(C)c2=O)cc1F. The standard InChI is InChI=1S/C15H14FNO2/c1-10-5-6-12(8-13(10)16)14(18)9-17-7-3-4-11(2)15(17)19/h3-8H,9H2,1-2H3. The lowest BCUT2D eigenvalue weighted by molar-refractivity contribution is 0.0970. The fourth-order valence-electron chi connectivity index (χ4n) is 1.79. The summed E-state index contributed by atoms with van der Waals surface area (Å²) in [6.45, 7) is 3.24. The van der Waals surface area contributed by atoms with Crippen LogP contribution in [0.15, 0.2) is 41.3 Å². The minimum Gasteiger partial charge on any atom is -0.308 e. The molecule has 0 N–H and O–H groups in total. The quantitative estimate of drug-likeness (QED) is 0.794. The van der Waals surface area contributed by atoms with Crippen molar-refractivity contribution in [3.8, 4) is 0 Å². The number of rotatable bonds is 3. The molecule has 1 aromatic heterocycles. The molecule has 0 fully saturated rings. The number of aromatic nitrogens is 1. The number of hydrogen-bond acceptors (Lipinski definition) is 2. The lowest BCUT2D eigenvalue weighted by Crippen LogP contribution is -2.25. The van der Waals surface area contributed by atoms with E-state index in [2.05, 4.69) is 0 Å². The number of pyridine rings is 1. The van der Waals surface area contributed by atoms with E-state index in [1.165, 1.54) is 10.6 Å². The molecule has 19 heavy (non-hydrogen) atoms. The van der Waals surface area contributed by atoms with Gasteiger partial charge < -0.3 is 4.57 Å². The van der Waals surface area contributed by atoms with Crippen molar-refractivity contribution in [3.05, 3.63) is 69.4 Å². The van der Waals surface area contributed by atoms with E-state index in [1.807, 2.05) is 0 Å². The monoisotopic (exact) mass is 259 g/mol. The van der Waals surface area contributed by atoms with Gasteiger partial charge in [-0.1, -0.05) is 18.2 Å². The molecule has 0 radical (unpaired) electrons. The van der Waals surface area contributed by atoms with E-state index in [0.717, 1.165) is 0 Å². The Balaban J connectivity index is 2.28. The molecule has 98 valence electrons. The largest absolute Gasteiger partial charge is 0.308 e. The Hall–Kier alpha value is -2.23. The van der Waals surface area contributed by atoms with Crippen LogP contribution in [-0.4, -0.2) is 10.4 Å². The summed E-state index contributed by atoms with van der Waals surface area (Å²) in [5.41, 5.74) is 1.13. The van der Waals surface area contributed by atoms with Crippen molar-refractivity contribution in [2.75, 3.05) is 0 Å². The molecule has 0 aliphatic rings. The number of aryl methyl sites for hydroxylation is 2. The van der Waals surface area contributed by atoms with Crippen molar-refractivity contribution in [2.45, 2.75) is 20.4 Å². The van der Waals surface area contributed by atoms with Crippen LogP contribution in [0.5, 0.6) is 0 Å². The summed E-state index contributed by atoms with van der Waals surface area (Å²) < 4.78 is 14.7. The lowest BCUT2D eigenvalue weighted by Gasteiger charge is -2.06. The molecule has 0 bridgehead atoms. The van der Waals surface area contributed by atoms with Crippen LogP contribution in [0.1, 0.15) is 21.5 Å². The minimum atomic E-state index is -0.414. The molecule has 0 saturated heterocycles. The third-order valence-corrected chi connectivity index (χ3v) is 3.02. The Kier molecular flexibility index (Phi) is 3.60. The summed E-state index contributed by atoms with van der Waals surface area (Å²) in [5, 5.41) is 0. The summed E-state index contributed by atoms with van der Waals surface area (Å²) in [6.07, 6.45) is 1.55. The van der Waals surface area contributed by atoms with E-state index in [4.69, 9.17) is 0 Å². The smallest absolute Gasteiger partial charge is 0.253 e. The second-order valence-corrected chi connectivity index (χ2v) is 4.51. The molecule has 1 heterocycles. The van der Waals surface area contributed by atoms with Crippen LogP contribution in [0.4, 0.5) is 4.39 Å². The normalized spacial score (nSPS) is 10.5. The van der Waals surface area contributed by atoms with Crippen LogP contribution in [0, 0.1) is 19.7 Å². The van der Waals surface area contributed by atoms with Gasteiger partial charge in [-0.05, 0) is 31.5 Å². The predicted octanol–water partition coefficient (Wildman–Crippen LogP) is 2.49. The Labute approximate surface area is 110 Å². The lowest BCUT2D eigenvalue weighted by atomic mass is 10.1. The first kappa shape index (κ1) is 13.2. The van der Waals surface area contributed by atoms with Crippen LogP contribution >= 0.6 is 0 Å². The zero-order chi connectivity index (χ0) is 14.0. The van der Waals surface area contributed by atoms with E-state index >= 15 is 0 Å². The van der Waals surface area contributed by atoms with Gasteiger partial charge in [-0.15, -0.1) is 0 Å². The first-order valence-corrected chi connectivity index (χ1v) is 5.94. The topological polar surface area (TPSA) is 39.1 Å². The molecule has 2 rings (SSSR count). The highest BCUT2D eigenvalue weighted by Crippen LogP contribution is 2.10. The highest BCUT2D eigenvalue weighted by atomic mass is 19.1. The van der Waals surface area contributed by atoms with Crippen molar-refractivity contribution in [2.24, 2.45) is 0 Å². The Morgan fingerprint density at radius 1 is 1.21 bits per heavy atom. The number of carbonyl (C=O) groups excluding carboxylic acids is 1. The number of carbonyl (C=O) groups is 1. The van der Waals surface area contributed by atoms with E-state index in [-0.39, 0.29) is 23.5 Å². The summed E-state index contributed by atoms with van der Waals surface area (Å²) in [7, 11) is 0. The highest BCUT2D eigenvalue weighted by molar-refractivity contribution is 5.95. The van der Waals surface area contributed by atoms with E-state index in [1.54, 1.807) is 44.3 Å². The summed E-state index contributed by atoms with van der Waals surface area (Å²) >= 11 is 0. The molecule has 0 aliphatic carbocycles. The molecule has 0 amide bonds. The first-order chi connectivity index (χ1) is 8.99. The van der Waals surface area contributed by atoms with Gasteiger partial charge in [-0.25, -0.2) is 4.39 Å². The van der Waals surface area contributed by atoms with Gasteiger partial charge in [0.25, 0.3) is 5.56 Å². The van der Waals surface area contributed by atoms with E-state index < -0.39 is 5.82 Å². The number of halogens is 1. The summed E-state index contributed by atoms with van der Waals surface area (Å²) in [6, 6.07) is 7.73. The number of benzene rings is 1. The van der Waals surface area contributed by atoms with Crippen LogP contribution < -0.4 is 5.56 Å². The second-order valence-electron chi connectivity index (χ2n) is 4.51. The van der Waals surface area contributed by atoms with Crippen LogP contribution in [0.2, 0.25) is 0 Å². The van der Waals surface area contributed by atoms with Crippen molar-refractivity contribution in [1.29, 1.82) is 0 Å². The Morgan fingerprint density at radius 2 is 1.95 bits per heavy atom. The maximum Gasteiger partial charge on any atom is 0.253 e. The summed E-state index contributed by atoms with van der Waals surface area (Å²) in [4.78, 5) is 23.8. The molecule has 4 heteroatoms. The molecule has 3 nitrogen and oxygen atoms in total. The van der Waals surface area contributed by atoms with Crippen molar-refractivity contribution < 1.29 is 9.18 Å². The van der Waals surface area contributed by atoms with Gasteiger partial charge in [0.15, 0.2) is 5.78 Å². The minimum absolute atomic E-state index is 0.0803. The maximum atomic E-state index is 13.4. The Bertz CT molecular complexity index is 689. The van der Waals surface area contributed by atoms with Crippen molar-refractivity contribution >= 4 is 5.78 Å². The fourth-order valence-corrected chi connectivity index (χ4v) is 1.79. The van der Waals surface area contributed by atoms with Gasteiger partial charge in [0.2, 0.25) is 0 Å². The summed E-state index contributed by atoms with van der Waals surface area (Å²) in [5.74, 6) is -0.700. The van der Waals surface area contributed by atoms with Crippen LogP contribution in [0.25, 0.3) is 0 Å². The predicted molar refractivity (Wildman–Crippen MR) is 70.9 cm³/mol. The number of Topliss-reactive ketones (excluding diaryl/α,β-unsaturated/α-hetero) is 1. The molecule has 1 aromatic carbocycles. The second kappa shape index (κ2) is 5.18. The van der Waals surface area contributed by atoms with Gasteiger partial charge in [0.1, 0.15) is 5.82 Å². The zero-order valence-corrected chi connectivity index (χ0v) is 10.8. The van der Waals surface area contributed by atoms with Crippen molar-refractivity contribution in [3.63, 3.8) is 0 Å². The number of ketones is 1. The molecule has 0 spiro atoms. The maximum absolute atomic E-state index is 13.4. The van der Waals surface area contributed by atoms with E-state index in [9.17, 15) is 14.0 Å². The first-order valence-electron chi connectivity index (χ1n) is 5.94. The average Bonchev–Trinajstić information content (AvgIpc) is 2.38. The fraction of sp³-hybridized carbons (Fsp3) is 0.200. The molecule has 2 aromatic rings. The van der Waals surface area contributed by atoms with Gasteiger partial charge in [-0.3, -0.25) is 9.59 Å². The third-order valence-electron chi connectivity index (χ3n) is 3.02. The van der Waals surface area contributed by atoms with Gasteiger partial charge in [-0.2, -0.15) is 0 Å². The molecular weight excluding hydrogens is 245 g/mol. The molecule has 0 atom stereocenters. The average molecular weight is 259 g/mol. The highest BCUT2D eigenvalue weighted by Gasteiger charge is 2.10. The molecule has 0 aliphatic heterocycles. The van der Waals surface area contributed by atoms with Gasteiger partial charge >= 0.3 is 0 Å². The van der Waals surface area contributed by atoms with Gasteiger partial charge in [0.05, 0.1) is 6.54 Å².